The Bertz CT molecular complexity index is 500. The van der Waals surface area contributed by atoms with Crippen LogP contribution >= 0.6 is 15.9 Å². The maximum Gasteiger partial charge on any atom is 0.133 e. The van der Waals surface area contributed by atoms with Gasteiger partial charge in [0.05, 0.1) is 23.9 Å². The van der Waals surface area contributed by atoms with Crippen LogP contribution in [0.3, 0.4) is 0 Å². The zero-order valence-corrected chi connectivity index (χ0v) is 11.6. The summed E-state index contributed by atoms with van der Waals surface area (Å²) in [5, 5.41) is 0. The van der Waals surface area contributed by atoms with Gasteiger partial charge in [-0.15, -0.1) is 0 Å². The van der Waals surface area contributed by atoms with E-state index in [1.165, 1.54) is 0 Å². The average Bonchev–Trinajstić information content (AvgIpc) is 2.90. The molecule has 1 heterocycles. The van der Waals surface area contributed by atoms with E-state index in [1.54, 1.807) is 13.4 Å². The van der Waals surface area contributed by atoms with Crippen LogP contribution in [0, 0.1) is 0 Å². The lowest BCUT2D eigenvalue weighted by atomic mass is 10.0. The van der Waals surface area contributed by atoms with Crippen LogP contribution in [-0.4, -0.2) is 7.11 Å². The third-order valence-corrected chi connectivity index (χ3v) is 3.36. The summed E-state index contributed by atoms with van der Waals surface area (Å²) in [5.41, 5.74) is 3.90. The molecule has 0 amide bonds. The molecule has 3 N–H and O–H groups in total. The number of nitrogens with one attached hydrogen (secondary N) is 1. The normalized spacial score (nSPS) is 12.4. The lowest BCUT2D eigenvalue weighted by Crippen LogP contribution is -2.29. The van der Waals surface area contributed by atoms with Crippen molar-refractivity contribution in [2.45, 2.75) is 12.5 Å². The fraction of sp³-hybridized carbons (Fsp3) is 0.231. The Morgan fingerprint density at radius 2 is 2.28 bits per heavy atom. The Balaban J connectivity index is 2.15. The van der Waals surface area contributed by atoms with Crippen LogP contribution in [0.25, 0.3) is 0 Å². The Kier molecular flexibility index (Phi) is 4.41. The molecule has 5 heteroatoms. The summed E-state index contributed by atoms with van der Waals surface area (Å²) >= 11 is 3.47. The number of ether oxygens (including phenoxy) is 1. The Labute approximate surface area is 114 Å². The van der Waals surface area contributed by atoms with E-state index in [4.69, 9.17) is 15.0 Å². The first-order valence-corrected chi connectivity index (χ1v) is 6.36. The molecular formula is C13H15BrN2O2. The number of halogens is 1. The van der Waals surface area contributed by atoms with Crippen molar-refractivity contribution in [1.82, 2.24) is 5.43 Å². The molecule has 0 radical (unpaired) electrons. The van der Waals surface area contributed by atoms with Gasteiger partial charge in [-0.3, -0.25) is 5.84 Å². The minimum atomic E-state index is -0.0414. The van der Waals surface area contributed by atoms with Gasteiger partial charge in [-0.25, -0.2) is 5.43 Å². The van der Waals surface area contributed by atoms with Crippen molar-refractivity contribution in [2.24, 2.45) is 5.84 Å². The van der Waals surface area contributed by atoms with Crippen molar-refractivity contribution >= 4 is 15.9 Å². The predicted octanol–water partition coefficient (Wildman–Crippen LogP) is 2.80. The number of hydrogen-bond acceptors (Lipinski definition) is 4. The van der Waals surface area contributed by atoms with Crippen LogP contribution in [0.2, 0.25) is 0 Å². The minimum Gasteiger partial charge on any atom is -0.496 e. The topological polar surface area (TPSA) is 60.4 Å². The molecule has 4 nitrogen and oxygen atoms in total. The summed E-state index contributed by atoms with van der Waals surface area (Å²) in [6, 6.07) is 9.67. The molecule has 0 aliphatic carbocycles. The Morgan fingerprint density at radius 1 is 1.44 bits per heavy atom. The quantitative estimate of drug-likeness (QED) is 0.658. The molecule has 1 unspecified atom stereocenters. The minimum absolute atomic E-state index is 0.0414. The summed E-state index contributed by atoms with van der Waals surface area (Å²) in [7, 11) is 1.65. The lowest BCUT2D eigenvalue weighted by Gasteiger charge is -2.14. The Morgan fingerprint density at radius 3 is 2.83 bits per heavy atom. The fourth-order valence-electron chi connectivity index (χ4n) is 1.80. The van der Waals surface area contributed by atoms with Gasteiger partial charge >= 0.3 is 0 Å². The largest absolute Gasteiger partial charge is 0.496 e. The number of hydrazine groups is 1. The van der Waals surface area contributed by atoms with E-state index in [0.29, 0.717) is 0 Å². The maximum absolute atomic E-state index is 5.56. The highest BCUT2D eigenvalue weighted by Gasteiger charge is 2.14. The molecule has 96 valence electrons. The van der Waals surface area contributed by atoms with Gasteiger partial charge in [-0.1, -0.05) is 6.07 Å². The van der Waals surface area contributed by atoms with Crippen LogP contribution in [0.4, 0.5) is 0 Å². The molecule has 2 aromatic rings. The van der Waals surface area contributed by atoms with Crippen LogP contribution in [0.5, 0.6) is 5.75 Å². The second-order valence-electron chi connectivity index (χ2n) is 3.91. The standard InChI is InChI=1S/C13H15BrN2O2/c1-17-12-5-4-9(7-10(12)14)8-11(16-15)13-3-2-6-18-13/h2-7,11,16H,8,15H2,1H3. The van der Waals surface area contributed by atoms with Gasteiger partial charge in [0.25, 0.3) is 0 Å². The van der Waals surface area contributed by atoms with E-state index in [2.05, 4.69) is 21.4 Å². The first kappa shape index (κ1) is 13.1. The number of nitrogens with two attached hydrogens (primary N) is 1. The lowest BCUT2D eigenvalue weighted by molar-refractivity contribution is 0.409. The molecular weight excluding hydrogens is 296 g/mol. The third kappa shape index (κ3) is 2.93. The van der Waals surface area contributed by atoms with E-state index in [9.17, 15) is 0 Å². The molecule has 1 aromatic carbocycles. The monoisotopic (exact) mass is 310 g/mol. The smallest absolute Gasteiger partial charge is 0.133 e. The van der Waals surface area contributed by atoms with Crippen molar-refractivity contribution in [3.8, 4) is 5.75 Å². The SMILES string of the molecule is COc1ccc(CC(NN)c2ccco2)cc1Br. The van der Waals surface area contributed by atoms with Gasteiger partial charge in [-0.2, -0.15) is 0 Å². The molecule has 1 atom stereocenters. The number of hydrogen-bond donors (Lipinski definition) is 2. The molecule has 0 spiro atoms. The summed E-state index contributed by atoms with van der Waals surface area (Å²) in [6.45, 7) is 0. The van der Waals surface area contributed by atoms with E-state index in [1.807, 2.05) is 30.3 Å². The van der Waals surface area contributed by atoms with Crippen LogP contribution in [0.15, 0.2) is 45.5 Å². The summed E-state index contributed by atoms with van der Waals surface area (Å²) < 4.78 is 11.5. The highest BCUT2D eigenvalue weighted by atomic mass is 79.9. The Hall–Kier alpha value is -1.30. The van der Waals surface area contributed by atoms with Crippen molar-refractivity contribution < 1.29 is 9.15 Å². The average molecular weight is 311 g/mol. The van der Waals surface area contributed by atoms with Crippen LogP contribution < -0.4 is 16.0 Å². The van der Waals surface area contributed by atoms with Crippen LogP contribution in [0.1, 0.15) is 17.4 Å². The third-order valence-electron chi connectivity index (χ3n) is 2.74. The summed E-state index contributed by atoms with van der Waals surface area (Å²) in [6.07, 6.45) is 2.39. The zero-order chi connectivity index (χ0) is 13.0. The van der Waals surface area contributed by atoms with Gasteiger partial charge in [0, 0.05) is 0 Å². The first-order chi connectivity index (χ1) is 8.74. The van der Waals surface area contributed by atoms with Crippen molar-refractivity contribution in [1.29, 1.82) is 0 Å². The second kappa shape index (κ2) is 6.04. The molecule has 1 aromatic heterocycles. The van der Waals surface area contributed by atoms with Crippen molar-refractivity contribution in [3.63, 3.8) is 0 Å². The molecule has 0 aliphatic heterocycles. The highest BCUT2D eigenvalue weighted by molar-refractivity contribution is 9.10. The van der Waals surface area contributed by atoms with Crippen molar-refractivity contribution in [2.75, 3.05) is 7.11 Å². The highest BCUT2D eigenvalue weighted by Crippen LogP contribution is 2.27. The van der Waals surface area contributed by atoms with Gasteiger partial charge in [0.2, 0.25) is 0 Å². The van der Waals surface area contributed by atoms with Gasteiger partial charge < -0.3 is 9.15 Å². The number of methoxy groups -OCH3 is 1. The first-order valence-electron chi connectivity index (χ1n) is 5.56. The summed E-state index contributed by atoms with van der Waals surface area (Å²) in [5.74, 6) is 7.20. The zero-order valence-electron chi connectivity index (χ0n) is 10.0. The van der Waals surface area contributed by atoms with Gasteiger partial charge in [0.15, 0.2) is 0 Å². The molecule has 0 saturated heterocycles. The molecule has 0 bridgehead atoms. The van der Waals surface area contributed by atoms with E-state index in [-0.39, 0.29) is 6.04 Å². The maximum atomic E-state index is 5.56. The number of rotatable bonds is 5. The van der Waals surface area contributed by atoms with Gasteiger partial charge in [0.1, 0.15) is 11.5 Å². The summed E-state index contributed by atoms with van der Waals surface area (Å²) in [4.78, 5) is 0. The van der Waals surface area contributed by atoms with E-state index < -0.39 is 0 Å². The number of furan rings is 1. The molecule has 0 saturated carbocycles. The predicted molar refractivity (Wildman–Crippen MR) is 73.2 cm³/mol. The number of benzene rings is 1. The molecule has 18 heavy (non-hydrogen) atoms. The fourth-order valence-corrected chi connectivity index (χ4v) is 2.39. The van der Waals surface area contributed by atoms with Crippen molar-refractivity contribution in [3.05, 3.63) is 52.4 Å². The van der Waals surface area contributed by atoms with E-state index >= 15 is 0 Å². The van der Waals surface area contributed by atoms with E-state index in [0.717, 1.165) is 28.0 Å². The second-order valence-corrected chi connectivity index (χ2v) is 4.76. The van der Waals surface area contributed by atoms with Crippen LogP contribution in [-0.2, 0) is 6.42 Å². The molecule has 2 rings (SSSR count). The van der Waals surface area contributed by atoms with Gasteiger partial charge in [-0.05, 0) is 52.2 Å². The molecule has 0 fully saturated rings. The molecule has 0 aliphatic rings.